The maximum absolute atomic E-state index is 14.0. The summed E-state index contributed by atoms with van der Waals surface area (Å²) in [5.74, 6) is 4.72. The fraction of sp³-hybridized carbons (Fsp3) is 0.634. The third-order valence-electron chi connectivity index (χ3n) is 13.3. The molecule has 2 bridgehead atoms. The van der Waals surface area contributed by atoms with Crippen molar-refractivity contribution in [3.63, 3.8) is 0 Å². The zero-order valence-corrected chi connectivity index (χ0v) is 33.2. The van der Waals surface area contributed by atoms with Crippen molar-refractivity contribution in [2.75, 3.05) is 71.0 Å². The largest absolute Gasteiger partial charge is 0.490 e. The number of ether oxygens (including phenoxy) is 2. The summed E-state index contributed by atoms with van der Waals surface area (Å²) in [6.07, 6.45) is 7.08. The molecule has 5 aliphatic rings. The second-order valence-electron chi connectivity index (χ2n) is 16.7. The van der Waals surface area contributed by atoms with E-state index in [-0.39, 0.29) is 40.9 Å². The smallest absolute Gasteiger partial charge is 0.262 e. The molecule has 2 fully saturated rings. The normalized spacial score (nSPS) is 33.9. The van der Waals surface area contributed by atoms with Crippen molar-refractivity contribution in [2.24, 2.45) is 17.8 Å². The van der Waals surface area contributed by atoms with E-state index >= 15 is 0 Å². The van der Waals surface area contributed by atoms with Gasteiger partial charge in [-0.25, -0.2) is 4.21 Å². The first kappa shape index (κ1) is 38.4. The second-order valence-corrected chi connectivity index (χ2v) is 19.5. The molecule has 1 unspecified atom stereocenters. The van der Waals surface area contributed by atoms with Gasteiger partial charge < -0.3 is 24.4 Å². The lowest BCUT2D eigenvalue weighted by Crippen LogP contribution is -2.59. The highest BCUT2D eigenvalue weighted by Gasteiger charge is 2.49. The van der Waals surface area contributed by atoms with Gasteiger partial charge in [0, 0.05) is 74.2 Å². The molecular formula is C41H57ClN4O6S. The first-order valence-electron chi connectivity index (χ1n) is 19.5. The van der Waals surface area contributed by atoms with E-state index in [0.717, 1.165) is 68.0 Å². The number of anilines is 1. The average molecular weight is 769 g/mol. The molecule has 2 amide bonds. The summed E-state index contributed by atoms with van der Waals surface area (Å²) in [6, 6.07) is 11.8. The maximum atomic E-state index is 14.0. The molecule has 10 nitrogen and oxygen atoms in total. The van der Waals surface area contributed by atoms with E-state index in [9.17, 15) is 18.9 Å². The van der Waals surface area contributed by atoms with Gasteiger partial charge in [-0.2, -0.15) is 0 Å². The van der Waals surface area contributed by atoms with Crippen LogP contribution < -0.4 is 14.4 Å². The summed E-state index contributed by atoms with van der Waals surface area (Å²) in [4.78, 5) is 32.9. The Kier molecular flexibility index (Phi) is 11.1. The summed E-state index contributed by atoms with van der Waals surface area (Å²) in [5, 5.41) is 13.3. The van der Waals surface area contributed by atoms with Gasteiger partial charge in [0.25, 0.3) is 5.91 Å². The van der Waals surface area contributed by atoms with Gasteiger partial charge in [-0.1, -0.05) is 31.0 Å². The van der Waals surface area contributed by atoms with Crippen molar-refractivity contribution >= 4 is 44.7 Å². The third-order valence-corrected chi connectivity index (χ3v) is 15.7. The lowest BCUT2D eigenvalue weighted by molar-refractivity contribution is -0.139. The Balaban J connectivity index is 1.24. The van der Waals surface area contributed by atoms with Crippen LogP contribution in [0.4, 0.5) is 5.69 Å². The highest BCUT2D eigenvalue weighted by atomic mass is 35.5. The number of halogens is 1. The van der Waals surface area contributed by atoms with Crippen LogP contribution in [0.1, 0.15) is 80.3 Å². The van der Waals surface area contributed by atoms with Crippen LogP contribution in [0.2, 0.25) is 5.02 Å². The molecule has 1 saturated carbocycles. The van der Waals surface area contributed by atoms with Crippen LogP contribution in [0.25, 0.3) is 0 Å². The minimum Gasteiger partial charge on any atom is -0.490 e. The van der Waals surface area contributed by atoms with Crippen LogP contribution in [-0.4, -0.2) is 114 Å². The number of fused-ring (bicyclic) bond motifs is 4. The number of carbonyl (C=O) groups excluding carboxylic acids is 2. The number of hydrogen-bond donors (Lipinski definition) is 2. The Bertz CT molecular complexity index is 1800. The molecule has 12 heteroatoms. The van der Waals surface area contributed by atoms with Crippen molar-refractivity contribution in [3.05, 3.63) is 58.1 Å². The number of methoxy groups -OCH3 is 1. The molecular weight excluding hydrogens is 712 g/mol. The number of piperazine rings is 1. The standard InChI is InChI=1S/C41H57ClN4O6S/c1-28-7-5-16-41(49,26-44-17-19-45(20-18-44)38(47)24-51-3)35-12-9-32(35)23-46-25-40(15-6-8-30-21-33(42)11-13-34(30)40)27-52-37-14-10-31(22-36(37)46)39(48)43-53(4,50)29(28)2/h10-11,13-14,21-22,28-29,32,35,49H,4-9,12,15-20,23-27H2,1-3H3,(H,43,48,50)/t28-,29+,32-,35+,40-,41-,53?/m0/s1. The third kappa shape index (κ3) is 7.83. The van der Waals surface area contributed by atoms with E-state index in [4.69, 9.17) is 21.1 Å². The van der Waals surface area contributed by atoms with Gasteiger partial charge >= 0.3 is 0 Å². The summed E-state index contributed by atoms with van der Waals surface area (Å²) >= 11 is 6.49. The second kappa shape index (κ2) is 15.4. The molecule has 290 valence electrons. The summed E-state index contributed by atoms with van der Waals surface area (Å²) < 4.78 is 28.6. The fourth-order valence-corrected chi connectivity index (χ4v) is 11.5. The topological polar surface area (TPSA) is 112 Å². The number of nitrogens with zero attached hydrogens (tertiary/aromatic N) is 3. The van der Waals surface area contributed by atoms with Gasteiger partial charge in [0.05, 0.1) is 27.6 Å². The van der Waals surface area contributed by atoms with Gasteiger partial charge in [0.2, 0.25) is 5.91 Å². The SMILES string of the molecule is C=S1(=O)NC(=O)c2ccc3c(c2)N(C[C@@H]2CC[C@H]2[C@@](O)(CN2CCN(C(=O)COC)CC2)CCC[C@H](C)[C@H]1C)C[C@@]1(CCCc2cc(Cl)ccc21)CO3. The van der Waals surface area contributed by atoms with Crippen LogP contribution >= 0.6 is 11.6 Å². The minimum atomic E-state index is -2.98. The Morgan fingerprint density at radius 3 is 2.62 bits per heavy atom. The lowest BCUT2D eigenvalue weighted by atomic mass is 9.62. The summed E-state index contributed by atoms with van der Waals surface area (Å²) in [6.45, 7) is 9.19. The van der Waals surface area contributed by atoms with Crippen LogP contribution in [0.5, 0.6) is 5.75 Å². The number of amides is 2. The first-order valence-corrected chi connectivity index (χ1v) is 21.7. The van der Waals surface area contributed by atoms with Crippen molar-refractivity contribution in [3.8, 4) is 5.75 Å². The highest BCUT2D eigenvalue weighted by molar-refractivity contribution is 7.99. The predicted octanol–water partition coefficient (Wildman–Crippen LogP) is 4.93. The number of β-amino-alcohol motifs (C(OH)–C–C–N with tert-alkyl or cyclic N) is 1. The van der Waals surface area contributed by atoms with E-state index < -0.39 is 21.2 Å². The van der Waals surface area contributed by atoms with Gasteiger partial charge in [0.1, 0.15) is 12.4 Å². The van der Waals surface area contributed by atoms with E-state index in [0.29, 0.717) is 57.9 Å². The zero-order valence-electron chi connectivity index (χ0n) is 31.6. The Morgan fingerprint density at radius 1 is 1.09 bits per heavy atom. The Morgan fingerprint density at radius 2 is 1.89 bits per heavy atom. The molecule has 0 radical (unpaired) electrons. The number of aliphatic hydroxyl groups is 1. The number of carbonyl (C=O) groups is 2. The first-order chi connectivity index (χ1) is 25.3. The van der Waals surface area contributed by atoms with Gasteiger partial charge in [0.15, 0.2) is 0 Å². The van der Waals surface area contributed by atoms with E-state index in [1.807, 2.05) is 30.0 Å². The van der Waals surface area contributed by atoms with Crippen LogP contribution in [0, 0.1) is 17.8 Å². The van der Waals surface area contributed by atoms with Gasteiger partial charge in [-0.3, -0.25) is 19.2 Å². The summed E-state index contributed by atoms with van der Waals surface area (Å²) in [7, 11) is -1.44. The van der Waals surface area contributed by atoms with Crippen LogP contribution in [-0.2, 0) is 31.1 Å². The van der Waals surface area contributed by atoms with E-state index in [2.05, 4.69) is 39.4 Å². The monoisotopic (exact) mass is 768 g/mol. The molecule has 2 aliphatic carbocycles. The van der Waals surface area contributed by atoms with E-state index in [1.54, 1.807) is 13.2 Å². The minimum absolute atomic E-state index is 0.00208. The number of aryl methyl sites for hydroxylation is 1. The zero-order chi connectivity index (χ0) is 37.5. The Labute approximate surface area is 320 Å². The molecule has 7 atom stereocenters. The molecule has 3 aliphatic heterocycles. The fourth-order valence-electron chi connectivity index (χ4n) is 9.82. The van der Waals surface area contributed by atoms with Gasteiger partial charge in [-0.15, -0.1) is 0 Å². The molecule has 2 aromatic rings. The van der Waals surface area contributed by atoms with E-state index in [1.165, 1.54) is 11.1 Å². The van der Waals surface area contributed by atoms with Gasteiger partial charge in [-0.05, 0) is 117 Å². The number of nitrogens with one attached hydrogen (secondary N) is 1. The average Bonchev–Trinajstić information content (AvgIpc) is 3.26. The van der Waals surface area contributed by atoms with Crippen molar-refractivity contribution in [1.82, 2.24) is 14.5 Å². The van der Waals surface area contributed by atoms with Crippen molar-refractivity contribution in [1.29, 1.82) is 0 Å². The molecule has 0 aromatic heterocycles. The predicted molar refractivity (Wildman–Crippen MR) is 211 cm³/mol. The Hall–Kier alpha value is -2.83. The van der Waals surface area contributed by atoms with Crippen molar-refractivity contribution in [2.45, 2.75) is 81.5 Å². The molecule has 1 saturated heterocycles. The number of hydrogen-bond acceptors (Lipinski definition) is 8. The summed E-state index contributed by atoms with van der Waals surface area (Å²) in [5.41, 5.74) is 2.61. The lowest BCUT2D eigenvalue weighted by Gasteiger charge is -2.52. The molecule has 53 heavy (non-hydrogen) atoms. The maximum Gasteiger partial charge on any atom is 0.262 e. The molecule has 1 spiro atoms. The highest BCUT2D eigenvalue weighted by Crippen LogP contribution is 2.49. The van der Waals surface area contributed by atoms with Crippen molar-refractivity contribution < 1.29 is 28.4 Å². The molecule has 7 rings (SSSR count). The van der Waals surface area contributed by atoms with Crippen LogP contribution in [0.3, 0.4) is 0 Å². The molecule has 3 heterocycles. The molecule has 2 aromatic carbocycles. The molecule has 2 N–H and O–H groups in total. The number of rotatable bonds is 4. The van der Waals surface area contributed by atoms with Crippen LogP contribution in [0.15, 0.2) is 36.4 Å². The quantitative estimate of drug-likeness (QED) is 0.422. The number of benzene rings is 2.